The number of rotatable bonds is 3. The van der Waals surface area contributed by atoms with E-state index < -0.39 is 0 Å². The smallest absolute Gasteiger partial charge is 0.150 e. The van der Waals surface area contributed by atoms with Gasteiger partial charge in [0.1, 0.15) is 6.29 Å². The Hall–Kier alpha value is -3.19. The highest BCUT2D eigenvalue weighted by Gasteiger charge is 2.10. The Kier molecular flexibility index (Phi) is 3.55. The molecule has 0 radical (unpaired) electrons. The molecule has 0 bridgehead atoms. The first-order valence-corrected chi connectivity index (χ1v) is 6.82. The summed E-state index contributed by atoms with van der Waals surface area (Å²) in [4.78, 5) is 18.2. The number of aryl methyl sites for hydroxylation is 1. The highest BCUT2D eigenvalue weighted by atomic mass is 16.1. The molecule has 3 rings (SSSR count). The van der Waals surface area contributed by atoms with Crippen LogP contribution in [0.4, 0.5) is 0 Å². The third-order valence-electron chi connectivity index (χ3n) is 3.63. The van der Waals surface area contributed by atoms with Crippen molar-refractivity contribution < 1.29 is 4.79 Å². The maximum Gasteiger partial charge on any atom is 0.150 e. The van der Waals surface area contributed by atoms with Crippen LogP contribution in [0.25, 0.3) is 22.6 Å². The van der Waals surface area contributed by atoms with E-state index in [1.807, 2.05) is 25.1 Å². The highest BCUT2D eigenvalue weighted by molar-refractivity contribution is 6.02. The molecule has 0 unspecified atom stereocenters. The van der Waals surface area contributed by atoms with Gasteiger partial charge in [-0.25, -0.2) is 0 Å². The number of nitrogens with zero attached hydrogens (tertiary/aromatic N) is 2. The number of benzene rings is 1. The van der Waals surface area contributed by atoms with Crippen molar-refractivity contribution in [3.8, 4) is 6.07 Å². The summed E-state index contributed by atoms with van der Waals surface area (Å²) in [5, 5.41) is 10.4. The van der Waals surface area contributed by atoms with E-state index in [1.54, 1.807) is 30.7 Å². The lowest BCUT2D eigenvalue weighted by atomic mass is 10.0. The van der Waals surface area contributed by atoms with Crippen molar-refractivity contribution in [2.75, 3.05) is 0 Å². The van der Waals surface area contributed by atoms with E-state index in [0.29, 0.717) is 11.1 Å². The van der Waals surface area contributed by atoms with Gasteiger partial charge in [0.05, 0.1) is 11.6 Å². The van der Waals surface area contributed by atoms with Gasteiger partial charge >= 0.3 is 0 Å². The number of hydrogen-bond acceptors (Lipinski definition) is 3. The fourth-order valence-corrected chi connectivity index (χ4v) is 2.39. The Morgan fingerprint density at radius 1 is 1.36 bits per heavy atom. The van der Waals surface area contributed by atoms with Crippen molar-refractivity contribution >= 4 is 28.8 Å². The van der Waals surface area contributed by atoms with Crippen LogP contribution < -0.4 is 0 Å². The van der Waals surface area contributed by atoms with E-state index in [0.717, 1.165) is 33.9 Å². The number of H-pyrrole nitrogens is 1. The van der Waals surface area contributed by atoms with Gasteiger partial charge in [-0.2, -0.15) is 5.26 Å². The van der Waals surface area contributed by atoms with E-state index in [4.69, 9.17) is 0 Å². The molecule has 0 aliphatic heterocycles. The summed E-state index contributed by atoms with van der Waals surface area (Å²) in [6.07, 6.45) is 7.87. The molecule has 4 nitrogen and oxygen atoms in total. The standard InChI is InChI=1S/C18H13N3O/c1-12-4-5-20-9-15(12)7-14(8-19)17-10-21-18-3-2-13(11-22)6-16(17)18/h2-7,9-11,21H,1H3/b14-7+. The minimum Gasteiger partial charge on any atom is -0.361 e. The largest absolute Gasteiger partial charge is 0.361 e. The van der Waals surface area contributed by atoms with Gasteiger partial charge in [-0.05, 0) is 48.4 Å². The molecule has 106 valence electrons. The average Bonchev–Trinajstić information content (AvgIpc) is 2.97. The maximum absolute atomic E-state index is 11.0. The first-order chi connectivity index (χ1) is 10.7. The van der Waals surface area contributed by atoms with Crippen molar-refractivity contribution in [2.45, 2.75) is 6.92 Å². The van der Waals surface area contributed by atoms with E-state index in [9.17, 15) is 10.1 Å². The second kappa shape index (κ2) is 5.66. The van der Waals surface area contributed by atoms with E-state index in [1.165, 1.54) is 0 Å². The molecule has 0 spiro atoms. The van der Waals surface area contributed by atoms with Crippen LogP contribution in [0, 0.1) is 18.3 Å². The van der Waals surface area contributed by atoms with Gasteiger partial charge in [-0.3, -0.25) is 9.78 Å². The molecular formula is C18H13N3O. The Morgan fingerprint density at radius 3 is 2.95 bits per heavy atom. The number of nitrogens with one attached hydrogen (secondary N) is 1. The first-order valence-electron chi connectivity index (χ1n) is 6.82. The molecule has 4 heteroatoms. The predicted molar refractivity (Wildman–Crippen MR) is 86.1 cm³/mol. The Morgan fingerprint density at radius 2 is 2.23 bits per heavy atom. The van der Waals surface area contributed by atoms with Crippen LogP contribution in [0.2, 0.25) is 0 Å². The molecule has 1 aromatic carbocycles. The quantitative estimate of drug-likeness (QED) is 0.589. The highest BCUT2D eigenvalue weighted by Crippen LogP contribution is 2.27. The summed E-state index contributed by atoms with van der Waals surface area (Å²) >= 11 is 0. The minimum atomic E-state index is 0.533. The zero-order valence-electron chi connectivity index (χ0n) is 12.0. The summed E-state index contributed by atoms with van der Waals surface area (Å²) in [5.74, 6) is 0. The average molecular weight is 287 g/mol. The van der Waals surface area contributed by atoms with Crippen LogP contribution in [-0.2, 0) is 0 Å². The molecule has 0 saturated heterocycles. The fourth-order valence-electron chi connectivity index (χ4n) is 2.39. The van der Waals surface area contributed by atoms with E-state index >= 15 is 0 Å². The van der Waals surface area contributed by atoms with Gasteiger partial charge in [0.2, 0.25) is 0 Å². The zero-order chi connectivity index (χ0) is 15.5. The van der Waals surface area contributed by atoms with Crippen LogP contribution in [0.15, 0.2) is 42.9 Å². The van der Waals surface area contributed by atoms with Gasteiger partial charge in [0.15, 0.2) is 0 Å². The van der Waals surface area contributed by atoms with Gasteiger partial charge in [-0.1, -0.05) is 0 Å². The number of hydrogen-bond donors (Lipinski definition) is 1. The Balaban J connectivity index is 2.18. The van der Waals surface area contributed by atoms with E-state index in [2.05, 4.69) is 16.0 Å². The van der Waals surface area contributed by atoms with Crippen molar-refractivity contribution in [1.82, 2.24) is 9.97 Å². The lowest BCUT2D eigenvalue weighted by molar-refractivity contribution is 0.112. The normalized spacial score (nSPS) is 11.4. The molecule has 0 aliphatic rings. The molecule has 3 aromatic rings. The lowest BCUT2D eigenvalue weighted by Crippen LogP contribution is -1.86. The van der Waals surface area contributed by atoms with Gasteiger partial charge < -0.3 is 4.98 Å². The van der Waals surface area contributed by atoms with Crippen molar-refractivity contribution in [1.29, 1.82) is 5.26 Å². The number of aromatic amines is 1. The van der Waals surface area contributed by atoms with Crippen LogP contribution in [0.1, 0.15) is 27.0 Å². The molecule has 2 heterocycles. The van der Waals surface area contributed by atoms with Gasteiger partial charge in [0, 0.05) is 40.6 Å². The van der Waals surface area contributed by atoms with Crippen LogP contribution in [-0.4, -0.2) is 16.3 Å². The van der Waals surface area contributed by atoms with Crippen LogP contribution in [0.5, 0.6) is 0 Å². The minimum absolute atomic E-state index is 0.533. The van der Waals surface area contributed by atoms with Gasteiger partial charge in [0.25, 0.3) is 0 Å². The Bertz CT molecular complexity index is 929. The summed E-state index contributed by atoms with van der Waals surface area (Å²) in [5.41, 5.74) is 4.75. The second-order valence-corrected chi connectivity index (χ2v) is 5.03. The number of pyridine rings is 1. The van der Waals surface area contributed by atoms with Crippen molar-refractivity contribution in [2.24, 2.45) is 0 Å². The predicted octanol–water partition coefficient (Wildman–Crippen LogP) is 3.75. The summed E-state index contributed by atoms with van der Waals surface area (Å²) in [6.45, 7) is 1.97. The SMILES string of the molecule is Cc1ccncc1/C=C(\C#N)c1c[nH]c2ccc(C=O)cc12. The molecule has 0 amide bonds. The molecule has 0 saturated carbocycles. The van der Waals surface area contributed by atoms with Crippen molar-refractivity contribution in [3.05, 3.63) is 65.1 Å². The number of aromatic nitrogens is 2. The summed E-state index contributed by atoms with van der Waals surface area (Å²) in [7, 11) is 0. The molecule has 0 aliphatic carbocycles. The first kappa shape index (κ1) is 13.8. The van der Waals surface area contributed by atoms with Crippen LogP contribution >= 0.6 is 0 Å². The Labute approximate surface area is 127 Å². The molecule has 22 heavy (non-hydrogen) atoms. The lowest BCUT2D eigenvalue weighted by Gasteiger charge is -2.01. The van der Waals surface area contributed by atoms with E-state index in [-0.39, 0.29) is 0 Å². The van der Waals surface area contributed by atoms with Crippen molar-refractivity contribution in [3.63, 3.8) is 0 Å². The number of allylic oxidation sites excluding steroid dienone is 1. The fraction of sp³-hybridized carbons (Fsp3) is 0.0556. The topological polar surface area (TPSA) is 69.5 Å². The maximum atomic E-state index is 11.0. The molecule has 0 atom stereocenters. The number of fused-ring (bicyclic) bond motifs is 1. The third-order valence-corrected chi connectivity index (χ3v) is 3.63. The summed E-state index contributed by atoms with van der Waals surface area (Å²) in [6, 6.07) is 9.51. The monoisotopic (exact) mass is 287 g/mol. The number of aldehydes is 1. The summed E-state index contributed by atoms with van der Waals surface area (Å²) < 4.78 is 0. The van der Waals surface area contributed by atoms with Crippen LogP contribution in [0.3, 0.4) is 0 Å². The molecular weight excluding hydrogens is 274 g/mol. The second-order valence-electron chi connectivity index (χ2n) is 5.03. The van der Waals surface area contributed by atoms with Gasteiger partial charge in [-0.15, -0.1) is 0 Å². The molecule has 1 N–H and O–H groups in total. The third kappa shape index (κ3) is 2.40. The number of nitriles is 1. The zero-order valence-corrected chi connectivity index (χ0v) is 12.0. The molecule has 2 aromatic heterocycles. The molecule has 0 fully saturated rings. The number of carbonyl (C=O) groups excluding carboxylic acids is 1. The number of carbonyl (C=O) groups is 1.